The first-order chi connectivity index (χ1) is 13.4. The summed E-state index contributed by atoms with van der Waals surface area (Å²) in [5, 5.41) is 0. The third-order valence-electron chi connectivity index (χ3n) is 6.95. The summed E-state index contributed by atoms with van der Waals surface area (Å²) >= 11 is 0. The average molecular weight is 382 g/mol. The number of aromatic nitrogens is 2. The lowest BCUT2D eigenvalue weighted by Crippen LogP contribution is -2.65. The maximum Gasteiger partial charge on any atom is 0.243 e. The van der Waals surface area contributed by atoms with Gasteiger partial charge in [-0.05, 0) is 63.0 Å². The monoisotopic (exact) mass is 382 g/mol. The van der Waals surface area contributed by atoms with Crippen molar-refractivity contribution in [2.24, 2.45) is 5.41 Å². The van der Waals surface area contributed by atoms with E-state index in [1.54, 1.807) is 18.3 Å². The van der Waals surface area contributed by atoms with Gasteiger partial charge in [0.1, 0.15) is 17.2 Å². The van der Waals surface area contributed by atoms with E-state index in [0.29, 0.717) is 0 Å². The van der Waals surface area contributed by atoms with Gasteiger partial charge in [-0.25, -0.2) is 9.37 Å². The van der Waals surface area contributed by atoms with Crippen molar-refractivity contribution in [3.05, 3.63) is 48.3 Å². The Balaban J connectivity index is 1.50. The number of carbonyl (C=O) groups is 1. The summed E-state index contributed by atoms with van der Waals surface area (Å²) in [5.41, 5.74) is 0.532. The smallest absolute Gasteiger partial charge is 0.243 e. The molecule has 0 aliphatic carbocycles. The average Bonchev–Trinajstić information content (AvgIpc) is 3.35. The molecule has 5 rings (SSSR count). The highest BCUT2D eigenvalue weighted by Crippen LogP contribution is 2.51. The second kappa shape index (κ2) is 6.14. The SMILES string of the molecule is CC1(C)CN(C(=O)C23CCCN2CCC3)C1c1nccn1-c1ccc(F)cc1. The van der Waals surface area contributed by atoms with E-state index in [9.17, 15) is 9.18 Å². The standard InChI is InChI=1S/C22H27FN4O/c1-21(2)15-27(20(28)22-9-3-12-25(22)13-4-10-22)18(21)19-24-11-14-26(19)17-7-5-16(23)6-8-17/h5-8,11,14,18H,3-4,9-10,12-13,15H2,1-2H3. The number of hydrogen-bond acceptors (Lipinski definition) is 3. The molecule has 5 nitrogen and oxygen atoms in total. The number of imidazole rings is 1. The summed E-state index contributed by atoms with van der Waals surface area (Å²) in [5.74, 6) is 0.878. The molecule has 2 aromatic rings. The lowest BCUT2D eigenvalue weighted by molar-refractivity contribution is -0.163. The number of rotatable bonds is 3. The molecule has 1 unspecified atom stereocenters. The van der Waals surface area contributed by atoms with Crippen LogP contribution in [0.2, 0.25) is 0 Å². The van der Waals surface area contributed by atoms with Crippen LogP contribution in [0.4, 0.5) is 4.39 Å². The molecule has 1 aromatic heterocycles. The van der Waals surface area contributed by atoms with Gasteiger partial charge in [0.15, 0.2) is 0 Å². The highest BCUT2D eigenvalue weighted by molar-refractivity contribution is 5.88. The topological polar surface area (TPSA) is 41.4 Å². The Hall–Kier alpha value is -2.21. The minimum absolute atomic E-state index is 0.0442. The maximum atomic E-state index is 13.7. The molecule has 0 bridgehead atoms. The van der Waals surface area contributed by atoms with E-state index < -0.39 is 0 Å². The normalized spacial score (nSPS) is 25.5. The molecule has 1 atom stereocenters. The van der Waals surface area contributed by atoms with E-state index in [2.05, 4.69) is 23.7 Å². The lowest BCUT2D eigenvalue weighted by Gasteiger charge is -2.56. The van der Waals surface area contributed by atoms with Gasteiger partial charge in [0, 0.05) is 30.0 Å². The van der Waals surface area contributed by atoms with Crippen LogP contribution in [0.1, 0.15) is 51.4 Å². The van der Waals surface area contributed by atoms with E-state index in [-0.39, 0.29) is 28.7 Å². The number of halogens is 1. The fourth-order valence-electron chi connectivity index (χ4n) is 5.66. The van der Waals surface area contributed by atoms with Gasteiger partial charge in [-0.2, -0.15) is 0 Å². The molecule has 3 fully saturated rings. The molecular weight excluding hydrogens is 355 g/mol. The quantitative estimate of drug-likeness (QED) is 0.815. The van der Waals surface area contributed by atoms with Crippen LogP contribution in [0.25, 0.3) is 5.69 Å². The summed E-state index contributed by atoms with van der Waals surface area (Å²) < 4.78 is 15.4. The highest BCUT2D eigenvalue weighted by atomic mass is 19.1. The van der Waals surface area contributed by atoms with Gasteiger partial charge in [-0.1, -0.05) is 13.8 Å². The second-order valence-electron chi connectivity index (χ2n) is 9.18. The van der Waals surface area contributed by atoms with Gasteiger partial charge in [0.2, 0.25) is 5.91 Å². The summed E-state index contributed by atoms with van der Waals surface area (Å²) in [7, 11) is 0. The fraction of sp³-hybridized carbons (Fsp3) is 0.545. The van der Waals surface area contributed by atoms with Crippen LogP contribution in [0, 0.1) is 11.2 Å². The predicted molar refractivity (Wildman–Crippen MR) is 105 cm³/mol. The van der Waals surface area contributed by atoms with Gasteiger partial charge in [-0.3, -0.25) is 9.69 Å². The van der Waals surface area contributed by atoms with Crippen molar-refractivity contribution in [3.63, 3.8) is 0 Å². The molecule has 3 aliphatic rings. The van der Waals surface area contributed by atoms with Crippen molar-refractivity contribution in [1.29, 1.82) is 0 Å². The predicted octanol–water partition coefficient (Wildman–Crippen LogP) is 3.55. The first-order valence-electron chi connectivity index (χ1n) is 10.3. The number of amides is 1. The molecule has 1 aromatic carbocycles. The molecule has 28 heavy (non-hydrogen) atoms. The van der Waals surface area contributed by atoms with Crippen molar-refractivity contribution in [1.82, 2.24) is 19.4 Å². The number of likely N-dealkylation sites (tertiary alicyclic amines) is 1. The van der Waals surface area contributed by atoms with Gasteiger partial charge in [-0.15, -0.1) is 0 Å². The van der Waals surface area contributed by atoms with E-state index >= 15 is 0 Å². The molecule has 6 heteroatoms. The molecule has 0 radical (unpaired) electrons. The maximum absolute atomic E-state index is 13.7. The first kappa shape index (κ1) is 17.9. The van der Waals surface area contributed by atoms with E-state index in [1.165, 1.54) is 12.1 Å². The van der Waals surface area contributed by atoms with Crippen LogP contribution in [0.3, 0.4) is 0 Å². The molecule has 0 saturated carbocycles. The number of carbonyl (C=O) groups excluding carboxylic acids is 1. The Morgan fingerprint density at radius 1 is 1.14 bits per heavy atom. The van der Waals surface area contributed by atoms with Crippen molar-refractivity contribution in [2.75, 3.05) is 19.6 Å². The van der Waals surface area contributed by atoms with Crippen molar-refractivity contribution >= 4 is 5.91 Å². The molecular formula is C22H27FN4O. The van der Waals surface area contributed by atoms with Gasteiger partial charge in [0.05, 0.1) is 6.04 Å². The van der Waals surface area contributed by atoms with Crippen molar-refractivity contribution in [3.8, 4) is 5.69 Å². The van der Waals surface area contributed by atoms with Gasteiger partial charge >= 0.3 is 0 Å². The van der Waals surface area contributed by atoms with Gasteiger partial charge in [0.25, 0.3) is 0 Å². The number of hydrogen-bond donors (Lipinski definition) is 0. The minimum Gasteiger partial charge on any atom is -0.330 e. The van der Waals surface area contributed by atoms with Crippen LogP contribution >= 0.6 is 0 Å². The van der Waals surface area contributed by atoms with Gasteiger partial charge < -0.3 is 9.47 Å². The Labute approximate surface area is 165 Å². The summed E-state index contributed by atoms with van der Waals surface area (Å²) in [6.45, 7) is 7.23. The Morgan fingerprint density at radius 2 is 1.82 bits per heavy atom. The summed E-state index contributed by atoms with van der Waals surface area (Å²) in [6.07, 6.45) is 7.83. The van der Waals surface area contributed by atoms with Crippen molar-refractivity contribution in [2.45, 2.75) is 51.1 Å². The number of fused-ring (bicyclic) bond motifs is 1. The number of nitrogens with zero attached hydrogens (tertiary/aromatic N) is 4. The van der Waals surface area contributed by atoms with E-state index in [4.69, 9.17) is 0 Å². The summed E-state index contributed by atoms with van der Waals surface area (Å²) in [6, 6.07) is 6.36. The largest absolute Gasteiger partial charge is 0.330 e. The zero-order valence-electron chi connectivity index (χ0n) is 16.6. The molecule has 0 N–H and O–H groups in total. The van der Waals surface area contributed by atoms with E-state index in [0.717, 1.165) is 56.8 Å². The second-order valence-corrected chi connectivity index (χ2v) is 9.18. The molecule has 3 aliphatic heterocycles. The molecule has 1 amide bonds. The molecule has 0 spiro atoms. The van der Waals surface area contributed by atoms with Crippen LogP contribution in [-0.2, 0) is 4.79 Å². The number of benzene rings is 1. The molecule has 148 valence electrons. The third-order valence-corrected chi connectivity index (χ3v) is 6.95. The first-order valence-corrected chi connectivity index (χ1v) is 10.3. The Kier molecular flexibility index (Phi) is 3.92. The fourth-order valence-corrected chi connectivity index (χ4v) is 5.66. The third kappa shape index (κ3) is 2.47. The zero-order valence-corrected chi connectivity index (χ0v) is 16.6. The Morgan fingerprint density at radius 3 is 2.46 bits per heavy atom. The van der Waals surface area contributed by atoms with Crippen LogP contribution < -0.4 is 0 Å². The van der Waals surface area contributed by atoms with Crippen LogP contribution in [0.15, 0.2) is 36.7 Å². The molecule has 4 heterocycles. The lowest BCUT2D eigenvalue weighted by atomic mass is 9.72. The highest BCUT2D eigenvalue weighted by Gasteiger charge is 2.58. The molecule has 3 saturated heterocycles. The Bertz CT molecular complexity index is 894. The van der Waals surface area contributed by atoms with E-state index in [1.807, 2.05) is 15.7 Å². The summed E-state index contributed by atoms with van der Waals surface area (Å²) in [4.78, 5) is 22.8. The van der Waals surface area contributed by atoms with Crippen molar-refractivity contribution < 1.29 is 9.18 Å². The van der Waals surface area contributed by atoms with Crippen LogP contribution in [-0.4, -0.2) is 50.4 Å². The minimum atomic E-state index is -0.290. The zero-order chi connectivity index (χ0) is 19.5. The van der Waals surface area contributed by atoms with Crippen LogP contribution in [0.5, 0.6) is 0 Å².